The van der Waals surface area contributed by atoms with Crippen molar-refractivity contribution >= 4 is 76.4 Å². The first kappa shape index (κ1) is 100. The van der Waals surface area contributed by atoms with Crippen LogP contribution in [0.5, 0.6) is 0 Å². The zero-order chi connectivity index (χ0) is 94.5. The van der Waals surface area contributed by atoms with Gasteiger partial charge in [0.15, 0.2) is 11.6 Å². The molecule has 0 bridgehead atoms. The fourth-order valence-corrected chi connectivity index (χ4v) is 15.4. The molecule has 0 radical (unpaired) electrons. The molecule has 4 atom stereocenters. The number of carbonyl (C=O) groups is 8. The third-order valence-electron chi connectivity index (χ3n) is 21.7. The van der Waals surface area contributed by atoms with Crippen LogP contribution in [0.2, 0.25) is 5.02 Å². The van der Waals surface area contributed by atoms with E-state index >= 15 is 0 Å². The molecule has 8 aromatic rings. The summed E-state index contributed by atoms with van der Waals surface area (Å²) in [5, 5.41) is 75.3. The van der Waals surface area contributed by atoms with Crippen molar-refractivity contribution in [2.45, 2.75) is 159 Å². The fourth-order valence-electron chi connectivity index (χ4n) is 15.2. The number of hydrogen-bond donors (Lipinski definition) is 12. The van der Waals surface area contributed by atoms with Crippen molar-refractivity contribution in [1.82, 2.24) is 86.6 Å². The summed E-state index contributed by atoms with van der Waals surface area (Å²) in [5.74, 6) is -6.63. The van der Waals surface area contributed by atoms with Gasteiger partial charge in [0.25, 0.3) is 0 Å². The highest BCUT2D eigenvalue weighted by atomic mass is 35.5. The Balaban J connectivity index is 0.000000193. The van der Waals surface area contributed by atoms with Crippen molar-refractivity contribution in [3.8, 4) is 45.0 Å². The Kier molecular flexibility index (Phi) is 33.4. The van der Waals surface area contributed by atoms with Gasteiger partial charge in [0.2, 0.25) is 23.6 Å². The van der Waals surface area contributed by atoms with Gasteiger partial charge in [0, 0.05) is 113 Å². The molecule has 12 N–H and O–H groups in total. The van der Waals surface area contributed by atoms with Crippen LogP contribution in [0.25, 0.3) is 45.0 Å². The number of fused-ring (bicyclic) bond motifs is 4. The molecule has 4 aromatic carbocycles. The second kappa shape index (κ2) is 42.6. The Morgan fingerprint density at radius 1 is 0.375 bits per heavy atom. The molecule has 4 aliphatic rings. The number of aliphatic hydroxyl groups excluding tert-OH is 4. The molecule has 128 heavy (non-hydrogen) atoms. The number of nitrogens with one attached hydrogen (secondary N) is 8. The van der Waals surface area contributed by atoms with Crippen LogP contribution < -0.4 is 57.2 Å². The first-order chi connectivity index (χ1) is 60.1. The summed E-state index contributed by atoms with van der Waals surface area (Å²) in [6.07, 6.45) is 4.55. The Morgan fingerprint density at radius 3 is 1.02 bits per heavy atom. The molecular formula is C88H116ClF7N20O12. The molecule has 8 amide bonds. The number of hydrogen-bond acceptors (Lipinski definition) is 20. The topological polar surface area (TPSA) is 398 Å². The number of aliphatic hydroxyl groups is 4. The third-order valence-corrected chi connectivity index (χ3v) is 22.0. The highest BCUT2D eigenvalue weighted by Crippen LogP contribution is 2.42. The van der Waals surface area contributed by atoms with Crippen LogP contribution in [0.3, 0.4) is 0 Å². The van der Waals surface area contributed by atoms with Crippen LogP contribution >= 0.6 is 11.6 Å². The van der Waals surface area contributed by atoms with E-state index in [2.05, 4.69) is 62.9 Å². The van der Waals surface area contributed by atoms with Crippen molar-refractivity contribution in [2.75, 3.05) is 122 Å². The van der Waals surface area contributed by atoms with Crippen LogP contribution in [0.4, 0.5) is 67.0 Å². The zero-order valence-electron chi connectivity index (χ0n) is 74.8. The molecule has 4 aliphatic heterocycles. The Hall–Kier alpha value is -11.5. The predicted octanol–water partition coefficient (Wildman–Crippen LogP) is 9.29. The van der Waals surface area contributed by atoms with E-state index in [1.165, 1.54) is 33.6 Å². The lowest BCUT2D eigenvalue weighted by atomic mass is 9.86. The van der Waals surface area contributed by atoms with Crippen molar-refractivity contribution in [3.63, 3.8) is 0 Å². The first-order valence-electron chi connectivity index (χ1n) is 42.0. The lowest BCUT2D eigenvalue weighted by Gasteiger charge is -2.30. The minimum atomic E-state index is -0.998. The average molecular weight is 1810 g/mol. The molecule has 0 aliphatic carbocycles. The maximum Gasteiger partial charge on any atom is 0.343 e. The summed E-state index contributed by atoms with van der Waals surface area (Å²) in [5.41, 5.74) is 4.16. The number of aromatic nitrogens is 8. The van der Waals surface area contributed by atoms with E-state index in [0.717, 1.165) is 90.2 Å². The number of anilines is 3. The van der Waals surface area contributed by atoms with Gasteiger partial charge in [-0.15, -0.1) is 0 Å². The van der Waals surface area contributed by atoms with E-state index in [-0.39, 0.29) is 80.7 Å². The summed E-state index contributed by atoms with van der Waals surface area (Å²) in [6, 6.07) is 7.96. The molecule has 0 spiro atoms. The van der Waals surface area contributed by atoms with Gasteiger partial charge in [0.1, 0.15) is 70.3 Å². The molecular weight excluding hydrogens is 1700 g/mol. The Bertz CT molecular complexity index is 5200. The number of halogens is 8. The fraction of sp³-hybridized carbons (Fsp3) is 0.500. The molecule has 32 nitrogen and oxygen atoms in total. The minimum Gasteiger partial charge on any atom is -0.395 e. The Labute approximate surface area is 743 Å². The van der Waals surface area contributed by atoms with Gasteiger partial charge >= 0.3 is 24.1 Å². The second-order valence-electron chi connectivity index (χ2n) is 36.0. The van der Waals surface area contributed by atoms with Crippen LogP contribution in [-0.4, -0.2) is 243 Å². The number of benzene rings is 4. The van der Waals surface area contributed by atoms with E-state index in [9.17, 15) is 69.1 Å². The SMILES string of the molecule is CN1CCCc2c1c(-c1cc(Cl)ccc1F)nn2C(=O)N[C@H](C(=O)NCCO)C(C)(C)C.CN1CCCc2c1c(-c1cc(F)ccc1F)nn2C(=O)N[C@H](C(=O)NCCO)C(C)(C)C.CN1CCCc2c1c(-c1ccc(F)c(F)c1)nn2C(=O)N[C@H](C(=O)NCCO)C(C)(C)C.CN1CCc2c(-c3cc(F)ccc3F)nn(C(=O)N[C@H](C(=O)NCCO)C(C)(C)C)c2C1. The zero-order valence-corrected chi connectivity index (χ0v) is 75.6. The number of rotatable bonds is 20. The van der Waals surface area contributed by atoms with Gasteiger partial charge < -0.3 is 82.6 Å². The molecule has 4 aromatic heterocycles. The average Bonchev–Trinajstić information content (AvgIpc) is 1.63. The summed E-state index contributed by atoms with van der Waals surface area (Å²) < 4.78 is 103. The van der Waals surface area contributed by atoms with Crippen molar-refractivity contribution in [1.29, 1.82) is 0 Å². The van der Waals surface area contributed by atoms with Crippen LogP contribution in [0, 0.1) is 62.4 Å². The number of nitrogens with zero attached hydrogens (tertiary/aromatic N) is 12. The standard InChI is InChI=1S/C22H29ClFN5O3.3C22H29F2N5O3/c1-22(2,3)19(20(31)25-9-11-30)26-21(32)29-16-6-5-10-28(4)18(16)17(27-29)14-12-13(23)7-8-15(14)24;1-22(2,3)19(20(31)25-8-10-30)26-21(32)29-17-12-28(4)9-7-14(17)18(27-29)15-11-13(23)5-6-16(15)24;1-22(2,3)19(20(31)25-9-11-30)26-21(32)29-16-6-5-10-28(4)18(16)17(27-29)14-12-13(23)7-8-15(14)24;1-22(2,3)19(20(31)25-9-11-30)26-21(32)29-16-6-5-10-28(4)18(16)17(27-29)13-7-8-14(23)15(24)12-13/h7-8,12,19,30H,5-6,9-11H2,1-4H3,(H,25,31)(H,26,32);5-6,11,19,30H,7-10,12H2,1-4H3,(H,25,31)(H,26,32);2*7-8,12,19,30H,5-6,9-11H2,1-4H3,(H,25,31)(H,26,32)/t4*19-/m1111/s1. The van der Waals surface area contributed by atoms with Crippen molar-refractivity contribution in [2.24, 2.45) is 21.7 Å². The van der Waals surface area contributed by atoms with E-state index in [1.807, 2.05) is 89.3 Å². The van der Waals surface area contributed by atoms with Gasteiger partial charge in [-0.2, -0.15) is 39.1 Å². The highest BCUT2D eigenvalue weighted by Gasteiger charge is 2.42. The van der Waals surface area contributed by atoms with Crippen LogP contribution in [0.1, 0.15) is 131 Å². The van der Waals surface area contributed by atoms with Crippen molar-refractivity contribution < 1.29 is 89.5 Å². The third kappa shape index (κ3) is 24.1. The molecule has 0 unspecified atom stereocenters. The second-order valence-corrected chi connectivity index (χ2v) is 36.4. The number of amides is 8. The largest absolute Gasteiger partial charge is 0.395 e. The molecule has 8 heterocycles. The molecule has 12 rings (SSSR count). The van der Waals surface area contributed by atoms with Gasteiger partial charge in [-0.05, 0) is 146 Å². The normalized spacial score (nSPS) is 14.8. The van der Waals surface area contributed by atoms with Crippen molar-refractivity contribution in [3.05, 3.63) is 147 Å². The highest BCUT2D eigenvalue weighted by molar-refractivity contribution is 6.30. The maximum atomic E-state index is 14.7. The first-order valence-corrected chi connectivity index (χ1v) is 42.4. The molecule has 0 saturated heterocycles. The Morgan fingerprint density at radius 2 is 0.680 bits per heavy atom. The maximum absolute atomic E-state index is 14.7. The van der Waals surface area contributed by atoms with Gasteiger partial charge in [-0.3, -0.25) is 19.2 Å². The van der Waals surface area contributed by atoms with E-state index in [0.29, 0.717) is 113 Å². The molecule has 0 fully saturated rings. The quantitative estimate of drug-likeness (QED) is 0.0316. The minimum absolute atomic E-state index is 0.00888. The summed E-state index contributed by atoms with van der Waals surface area (Å²) in [7, 11) is 7.42. The van der Waals surface area contributed by atoms with Gasteiger partial charge in [-0.25, -0.2) is 49.9 Å². The van der Waals surface area contributed by atoms with E-state index in [4.69, 9.17) is 32.0 Å². The van der Waals surface area contributed by atoms with Crippen LogP contribution in [-0.2, 0) is 51.4 Å². The summed E-state index contributed by atoms with van der Waals surface area (Å²) in [6.45, 7) is 24.4. The monoisotopic (exact) mass is 1810 g/mol. The van der Waals surface area contributed by atoms with Gasteiger partial charge in [0.05, 0.1) is 72.0 Å². The van der Waals surface area contributed by atoms with E-state index in [1.54, 1.807) is 41.5 Å². The smallest absolute Gasteiger partial charge is 0.343 e. The number of likely N-dealkylation sites (N-methyl/N-ethyl adjacent to an activating group) is 1. The number of carbonyl (C=O) groups excluding carboxylic acids is 8. The lowest BCUT2D eigenvalue weighted by Crippen LogP contribution is -2.55. The predicted molar refractivity (Wildman–Crippen MR) is 469 cm³/mol. The van der Waals surface area contributed by atoms with Gasteiger partial charge in [-0.1, -0.05) is 94.7 Å². The summed E-state index contributed by atoms with van der Waals surface area (Å²) in [4.78, 5) is 111. The molecule has 696 valence electrons. The lowest BCUT2D eigenvalue weighted by molar-refractivity contribution is -0.126. The molecule has 0 saturated carbocycles. The molecule has 40 heteroatoms. The summed E-state index contributed by atoms with van der Waals surface area (Å²) >= 11 is 6.09. The van der Waals surface area contributed by atoms with E-state index < -0.39 is 134 Å². The van der Waals surface area contributed by atoms with Crippen LogP contribution in [0.15, 0.2) is 72.8 Å².